The summed E-state index contributed by atoms with van der Waals surface area (Å²) in [6.45, 7) is 4.45. The summed E-state index contributed by atoms with van der Waals surface area (Å²) >= 11 is 0. The van der Waals surface area contributed by atoms with Crippen molar-refractivity contribution >= 4 is 5.84 Å². The van der Waals surface area contributed by atoms with Crippen LogP contribution in [0.1, 0.15) is 33.1 Å². The van der Waals surface area contributed by atoms with Gasteiger partial charge in [0.15, 0.2) is 0 Å². The molecular weight excluding hydrogens is 235 g/mol. The SMILES string of the molecule is CC(C)(CCNCCCC(F)(F)F)C(N)=NO. The fourth-order valence-electron chi connectivity index (χ4n) is 1.20. The number of oxime groups is 1. The summed E-state index contributed by atoms with van der Waals surface area (Å²) in [5, 5.41) is 14.3. The van der Waals surface area contributed by atoms with Crippen LogP contribution >= 0.6 is 0 Å². The summed E-state index contributed by atoms with van der Waals surface area (Å²) in [6, 6.07) is 0. The number of hydrogen-bond donors (Lipinski definition) is 3. The van der Waals surface area contributed by atoms with Crippen LogP contribution in [0.3, 0.4) is 0 Å². The van der Waals surface area contributed by atoms with Gasteiger partial charge in [0.2, 0.25) is 0 Å². The first-order valence-corrected chi connectivity index (χ1v) is 5.44. The van der Waals surface area contributed by atoms with Crippen LogP contribution in [-0.2, 0) is 0 Å². The Bertz CT molecular complexity index is 252. The Morgan fingerprint density at radius 3 is 2.29 bits per heavy atom. The Morgan fingerprint density at radius 1 is 1.24 bits per heavy atom. The van der Waals surface area contributed by atoms with Crippen LogP contribution in [0.4, 0.5) is 13.2 Å². The lowest BCUT2D eigenvalue weighted by Gasteiger charge is -2.22. The molecule has 4 nitrogen and oxygen atoms in total. The number of nitrogens with zero attached hydrogens (tertiary/aromatic N) is 1. The van der Waals surface area contributed by atoms with Gasteiger partial charge in [0, 0.05) is 11.8 Å². The number of nitrogens with one attached hydrogen (secondary N) is 1. The van der Waals surface area contributed by atoms with Crippen LogP contribution in [0.5, 0.6) is 0 Å². The van der Waals surface area contributed by atoms with Crippen LogP contribution in [0.15, 0.2) is 5.16 Å². The van der Waals surface area contributed by atoms with Crippen molar-refractivity contribution in [3.05, 3.63) is 0 Å². The second-order valence-corrected chi connectivity index (χ2v) is 4.59. The molecule has 0 atom stereocenters. The third-order valence-electron chi connectivity index (χ3n) is 2.54. The minimum atomic E-state index is -4.09. The van der Waals surface area contributed by atoms with E-state index in [1.54, 1.807) is 13.8 Å². The van der Waals surface area contributed by atoms with E-state index in [9.17, 15) is 13.2 Å². The lowest BCUT2D eigenvalue weighted by molar-refractivity contribution is -0.135. The average molecular weight is 255 g/mol. The van der Waals surface area contributed by atoms with Gasteiger partial charge in [-0.15, -0.1) is 0 Å². The van der Waals surface area contributed by atoms with Crippen molar-refractivity contribution in [1.82, 2.24) is 5.32 Å². The highest BCUT2D eigenvalue weighted by molar-refractivity contribution is 5.85. The van der Waals surface area contributed by atoms with Crippen molar-refractivity contribution in [2.24, 2.45) is 16.3 Å². The molecule has 0 aliphatic heterocycles. The molecule has 0 fully saturated rings. The summed E-state index contributed by atoms with van der Waals surface area (Å²) in [5.41, 5.74) is 5.01. The van der Waals surface area contributed by atoms with Crippen molar-refractivity contribution < 1.29 is 18.4 Å². The molecule has 0 aliphatic carbocycles. The standard InChI is InChI=1S/C10H20F3N3O/c1-9(2,8(14)16-17)5-7-15-6-3-4-10(11,12)13/h15,17H,3-7H2,1-2H3,(H2,14,16). The molecule has 0 aliphatic rings. The van der Waals surface area contributed by atoms with E-state index < -0.39 is 18.0 Å². The monoisotopic (exact) mass is 255 g/mol. The molecule has 0 aromatic carbocycles. The van der Waals surface area contributed by atoms with E-state index in [4.69, 9.17) is 10.9 Å². The van der Waals surface area contributed by atoms with E-state index in [2.05, 4.69) is 10.5 Å². The van der Waals surface area contributed by atoms with E-state index in [1.165, 1.54) is 0 Å². The molecule has 0 aromatic rings. The normalized spacial score (nSPS) is 14.1. The summed E-state index contributed by atoms with van der Waals surface area (Å²) in [6.07, 6.45) is -4.21. The summed E-state index contributed by atoms with van der Waals surface area (Å²) in [4.78, 5) is 0. The lowest BCUT2D eigenvalue weighted by Crippen LogP contribution is -2.35. The van der Waals surface area contributed by atoms with Gasteiger partial charge >= 0.3 is 6.18 Å². The van der Waals surface area contributed by atoms with Gasteiger partial charge in [-0.2, -0.15) is 13.2 Å². The molecule has 0 heterocycles. The molecule has 7 heteroatoms. The van der Waals surface area contributed by atoms with Gasteiger partial charge < -0.3 is 16.3 Å². The van der Waals surface area contributed by atoms with Crippen LogP contribution in [0.25, 0.3) is 0 Å². The molecule has 0 aromatic heterocycles. The summed E-state index contributed by atoms with van der Waals surface area (Å²) < 4.78 is 35.5. The molecule has 0 bridgehead atoms. The van der Waals surface area contributed by atoms with Crippen molar-refractivity contribution in [3.8, 4) is 0 Å². The minimum Gasteiger partial charge on any atom is -0.409 e. The van der Waals surface area contributed by atoms with Crippen molar-refractivity contribution in [1.29, 1.82) is 0 Å². The lowest BCUT2D eigenvalue weighted by atomic mass is 9.88. The molecule has 0 radical (unpaired) electrons. The van der Waals surface area contributed by atoms with E-state index in [1.807, 2.05) is 0 Å². The molecule has 17 heavy (non-hydrogen) atoms. The molecule has 4 N–H and O–H groups in total. The van der Waals surface area contributed by atoms with Crippen molar-refractivity contribution in [3.63, 3.8) is 0 Å². The molecule has 0 saturated heterocycles. The smallest absolute Gasteiger partial charge is 0.389 e. The average Bonchev–Trinajstić information content (AvgIpc) is 2.20. The Hall–Kier alpha value is -0.980. The zero-order valence-corrected chi connectivity index (χ0v) is 10.1. The van der Waals surface area contributed by atoms with Gasteiger partial charge in [-0.3, -0.25) is 0 Å². The predicted octanol–water partition coefficient (Wildman–Crippen LogP) is 2.08. The van der Waals surface area contributed by atoms with Crippen LogP contribution in [-0.4, -0.2) is 30.3 Å². The maximum Gasteiger partial charge on any atom is 0.389 e. The molecule has 0 saturated carbocycles. The Balaban J connectivity index is 3.65. The molecule has 102 valence electrons. The predicted molar refractivity (Wildman–Crippen MR) is 60.0 cm³/mol. The molecule has 0 spiro atoms. The third kappa shape index (κ3) is 7.84. The zero-order valence-electron chi connectivity index (χ0n) is 10.1. The van der Waals surface area contributed by atoms with E-state index in [-0.39, 0.29) is 12.3 Å². The number of hydrogen-bond acceptors (Lipinski definition) is 3. The quantitative estimate of drug-likeness (QED) is 0.214. The highest BCUT2D eigenvalue weighted by atomic mass is 19.4. The van der Waals surface area contributed by atoms with Gasteiger partial charge in [0.25, 0.3) is 0 Å². The maximum atomic E-state index is 11.8. The van der Waals surface area contributed by atoms with Gasteiger partial charge in [-0.1, -0.05) is 19.0 Å². The van der Waals surface area contributed by atoms with E-state index >= 15 is 0 Å². The van der Waals surface area contributed by atoms with Crippen molar-refractivity contribution in [2.75, 3.05) is 13.1 Å². The van der Waals surface area contributed by atoms with Gasteiger partial charge in [0.1, 0.15) is 5.84 Å². The van der Waals surface area contributed by atoms with Gasteiger partial charge in [-0.05, 0) is 25.9 Å². The van der Waals surface area contributed by atoms with E-state index in [0.717, 1.165) is 0 Å². The second-order valence-electron chi connectivity index (χ2n) is 4.59. The highest BCUT2D eigenvalue weighted by Crippen LogP contribution is 2.21. The summed E-state index contributed by atoms with van der Waals surface area (Å²) in [5.74, 6) is 0.120. The highest BCUT2D eigenvalue weighted by Gasteiger charge is 2.26. The van der Waals surface area contributed by atoms with Crippen LogP contribution in [0, 0.1) is 5.41 Å². The second kappa shape index (κ2) is 6.68. The van der Waals surface area contributed by atoms with E-state index in [0.29, 0.717) is 19.5 Å². The first kappa shape index (κ1) is 16.0. The number of rotatable bonds is 7. The maximum absolute atomic E-state index is 11.8. The van der Waals surface area contributed by atoms with Gasteiger partial charge in [-0.25, -0.2) is 0 Å². The number of alkyl halides is 3. The number of nitrogens with two attached hydrogens (primary N) is 1. The van der Waals surface area contributed by atoms with Crippen LogP contribution in [0.2, 0.25) is 0 Å². The number of amidine groups is 1. The molecule has 0 unspecified atom stereocenters. The van der Waals surface area contributed by atoms with Gasteiger partial charge in [0.05, 0.1) is 0 Å². The largest absolute Gasteiger partial charge is 0.409 e. The zero-order chi connectivity index (χ0) is 13.5. The summed E-state index contributed by atoms with van der Waals surface area (Å²) in [7, 11) is 0. The topological polar surface area (TPSA) is 70.6 Å². The fraction of sp³-hybridized carbons (Fsp3) is 0.900. The molecular formula is C10H20F3N3O. The Labute approximate surface area is 99.1 Å². The minimum absolute atomic E-state index is 0.0630. The Morgan fingerprint density at radius 2 is 1.82 bits per heavy atom. The third-order valence-corrected chi connectivity index (χ3v) is 2.54. The molecule has 0 rings (SSSR count). The first-order chi connectivity index (χ1) is 7.69. The number of halogens is 3. The Kier molecular flexibility index (Phi) is 6.30. The van der Waals surface area contributed by atoms with Crippen molar-refractivity contribution in [2.45, 2.75) is 39.3 Å². The van der Waals surface area contributed by atoms with Crippen LogP contribution < -0.4 is 11.1 Å². The molecule has 0 amide bonds. The fourth-order valence-corrected chi connectivity index (χ4v) is 1.20. The first-order valence-electron chi connectivity index (χ1n) is 5.44.